The first kappa shape index (κ1) is 14.6. The van der Waals surface area contributed by atoms with Crippen LogP contribution in [0.5, 0.6) is 0 Å². The summed E-state index contributed by atoms with van der Waals surface area (Å²) in [5, 5.41) is 4.60. The molecule has 2 aromatic heterocycles. The van der Waals surface area contributed by atoms with Crippen LogP contribution in [0.2, 0.25) is 0 Å². The first-order valence-electron chi connectivity index (χ1n) is 6.90. The summed E-state index contributed by atoms with van der Waals surface area (Å²) in [6, 6.07) is 8.13. The number of imidazole rings is 1. The summed E-state index contributed by atoms with van der Waals surface area (Å²) < 4.78 is 5.03. The van der Waals surface area contributed by atoms with Gasteiger partial charge in [-0.15, -0.1) is 11.6 Å². The fourth-order valence-corrected chi connectivity index (χ4v) is 3.02. The molecule has 4 nitrogen and oxygen atoms in total. The van der Waals surface area contributed by atoms with Crippen molar-refractivity contribution in [3.63, 3.8) is 0 Å². The van der Waals surface area contributed by atoms with Gasteiger partial charge in [0.15, 0.2) is 5.65 Å². The molecule has 0 aliphatic heterocycles. The summed E-state index contributed by atoms with van der Waals surface area (Å²) in [5.74, 6) is 1.22. The molecule has 2 heterocycles. The van der Waals surface area contributed by atoms with Crippen molar-refractivity contribution in [3.05, 3.63) is 40.3 Å². The van der Waals surface area contributed by atoms with Crippen LogP contribution in [0.4, 0.5) is 0 Å². The minimum Gasteiger partial charge on any atom is -0.280 e. The Hall–Kier alpha value is -1.33. The minimum absolute atomic E-state index is 0.371. The lowest BCUT2D eigenvalue weighted by molar-refractivity contribution is 0.732. The van der Waals surface area contributed by atoms with E-state index in [-0.39, 0.29) is 0 Å². The van der Waals surface area contributed by atoms with E-state index in [1.807, 2.05) is 36.0 Å². The molecule has 0 bridgehead atoms. The molecule has 110 valence electrons. The number of fused-ring (bicyclic) bond motifs is 1. The maximum Gasteiger partial charge on any atom is 0.163 e. The third kappa shape index (κ3) is 2.49. The van der Waals surface area contributed by atoms with E-state index in [1.54, 1.807) is 0 Å². The van der Waals surface area contributed by atoms with Crippen molar-refractivity contribution in [2.24, 2.45) is 7.05 Å². The summed E-state index contributed by atoms with van der Waals surface area (Å²) >= 11 is 9.57. The molecule has 21 heavy (non-hydrogen) atoms. The van der Waals surface area contributed by atoms with Crippen molar-refractivity contribution < 1.29 is 0 Å². The van der Waals surface area contributed by atoms with Crippen molar-refractivity contribution in [1.82, 2.24) is 19.3 Å². The number of alkyl halides is 1. The topological polar surface area (TPSA) is 35.6 Å². The molecule has 0 unspecified atom stereocenters. The van der Waals surface area contributed by atoms with Gasteiger partial charge in [-0.3, -0.25) is 4.57 Å². The molecule has 0 N–H and O–H groups in total. The average Bonchev–Trinajstić information content (AvgIpc) is 2.99. The summed E-state index contributed by atoms with van der Waals surface area (Å²) in [6.45, 7) is 2.15. The number of hydrogen-bond donors (Lipinski definition) is 0. The quantitative estimate of drug-likeness (QED) is 0.647. The van der Waals surface area contributed by atoms with Gasteiger partial charge in [-0.25, -0.2) is 9.67 Å². The number of rotatable bonds is 4. The third-order valence-electron chi connectivity index (χ3n) is 3.46. The molecule has 0 atom stereocenters. The van der Waals surface area contributed by atoms with E-state index in [2.05, 4.69) is 32.5 Å². The second-order valence-corrected chi connectivity index (χ2v) is 6.15. The molecule has 3 aromatic rings. The highest BCUT2D eigenvalue weighted by Gasteiger charge is 2.19. The van der Waals surface area contributed by atoms with E-state index < -0.39 is 0 Å². The molecule has 0 spiro atoms. The monoisotopic (exact) mass is 366 g/mol. The molecule has 0 saturated carbocycles. The Morgan fingerprint density at radius 3 is 2.57 bits per heavy atom. The highest BCUT2D eigenvalue weighted by molar-refractivity contribution is 9.10. The molecule has 0 fully saturated rings. The van der Waals surface area contributed by atoms with Crippen molar-refractivity contribution in [3.8, 4) is 5.69 Å². The summed E-state index contributed by atoms with van der Waals surface area (Å²) in [5.41, 5.74) is 4.04. The number of benzene rings is 1. The van der Waals surface area contributed by atoms with Gasteiger partial charge in [0.1, 0.15) is 11.3 Å². The Kier molecular flexibility index (Phi) is 4.04. The molecule has 3 rings (SSSR count). The third-order valence-corrected chi connectivity index (χ3v) is 4.23. The second kappa shape index (κ2) is 5.81. The summed E-state index contributed by atoms with van der Waals surface area (Å²) in [4.78, 5) is 4.71. The average molecular weight is 368 g/mol. The van der Waals surface area contributed by atoms with Crippen LogP contribution in [-0.2, 0) is 19.3 Å². The molecule has 1 aromatic carbocycles. The van der Waals surface area contributed by atoms with Crippen molar-refractivity contribution in [2.75, 3.05) is 0 Å². The van der Waals surface area contributed by atoms with Crippen molar-refractivity contribution >= 4 is 38.7 Å². The van der Waals surface area contributed by atoms with Crippen molar-refractivity contribution in [2.45, 2.75) is 25.6 Å². The molecule has 6 heteroatoms. The summed E-state index contributed by atoms with van der Waals surface area (Å²) in [6.07, 6.45) is 1.98. The van der Waals surface area contributed by atoms with Crippen LogP contribution in [0.3, 0.4) is 0 Å². The van der Waals surface area contributed by atoms with E-state index in [9.17, 15) is 0 Å². The predicted molar refractivity (Wildman–Crippen MR) is 89.1 cm³/mol. The Balaban J connectivity index is 2.27. The Morgan fingerprint density at radius 2 is 1.95 bits per heavy atom. The number of hydrogen-bond acceptors (Lipinski definition) is 2. The fraction of sp³-hybridized carbons (Fsp3) is 0.333. The first-order chi connectivity index (χ1) is 10.2. The van der Waals surface area contributed by atoms with Gasteiger partial charge >= 0.3 is 0 Å². The van der Waals surface area contributed by atoms with Gasteiger partial charge in [-0.1, -0.05) is 29.3 Å². The molecular weight excluding hydrogens is 352 g/mol. The minimum atomic E-state index is 0.371. The zero-order valence-corrected chi connectivity index (χ0v) is 14.3. The Labute approximate surface area is 136 Å². The molecule has 0 radical (unpaired) electrons. The lowest BCUT2D eigenvalue weighted by atomic mass is 10.2. The lowest BCUT2D eigenvalue weighted by Crippen LogP contribution is -2.04. The van der Waals surface area contributed by atoms with E-state index in [1.165, 1.54) is 0 Å². The highest BCUT2D eigenvalue weighted by Crippen LogP contribution is 2.26. The first-order valence-corrected chi connectivity index (χ1v) is 8.23. The number of halogens is 2. The highest BCUT2D eigenvalue weighted by atomic mass is 79.9. The standard InChI is InChI=1S/C15H16BrClN4/c1-3-4-12-14-15(20(2)19-12)21(13(9-17)18-14)11-7-5-10(16)6-8-11/h5-8H,3-4,9H2,1-2H3. The zero-order valence-electron chi connectivity index (χ0n) is 12.0. The van der Waals surface area contributed by atoms with E-state index in [0.29, 0.717) is 5.88 Å². The SMILES string of the molecule is CCCc1nn(C)c2c1nc(CCl)n2-c1ccc(Br)cc1. The van der Waals surface area contributed by atoms with Crippen LogP contribution in [0.15, 0.2) is 28.7 Å². The van der Waals surface area contributed by atoms with Crippen molar-refractivity contribution in [1.29, 1.82) is 0 Å². The maximum absolute atomic E-state index is 6.10. The van der Waals surface area contributed by atoms with Gasteiger partial charge in [0.2, 0.25) is 0 Å². The molecular formula is C15H16BrClN4. The van der Waals surface area contributed by atoms with Gasteiger partial charge < -0.3 is 0 Å². The number of aryl methyl sites for hydroxylation is 2. The zero-order chi connectivity index (χ0) is 15.0. The van der Waals surface area contributed by atoms with Gasteiger partial charge in [0.25, 0.3) is 0 Å². The Bertz CT molecular complexity index is 773. The largest absolute Gasteiger partial charge is 0.280 e. The Morgan fingerprint density at radius 1 is 1.24 bits per heavy atom. The number of aromatic nitrogens is 4. The molecule has 0 aliphatic carbocycles. The van der Waals surface area contributed by atoms with Crippen LogP contribution in [0, 0.1) is 0 Å². The van der Waals surface area contributed by atoms with Gasteiger partial charge in [-0.05, 0) is 30.7 Å². The van der Waals surface area contributed by atoms with Crippen LogP contribution < -0.4 is 0 Å². The number of nitrogens with zero attached hydrogens (tertiary/aromatic N) is 4. The normalized spacial score (nSPS) is 11.4. The van der Waals surface area contributed by atoms with Gasteiger partial charge in [0, 0.05) is 17.2 Å². The van der Waals surface area contributed by atoms with E-state index >= 15 is 0 Å². The lowest BCUT2D eigenvalue weighted by Gasteiger charge is -2.08. The second-order valence-electron chi connectivity index (χ2n) is 4.97. The van der Waals surface area contributed by atoms with Crippen LogP contribution in [0.1, 0.15) is 24.9 Å². The summed E-state index contributed by atoms with van der Waals surface area (Å²) in [7, 11) is 1.95. The van der Waals surface area contributed by atoms with E-state index in [4.69, 9.17) is 16.6 Å². The maximum atomic E-state index is 6.10. The predicted octanol–water partition coefficient (Wildman–Crippen LogP) is 4.21. The molecule has 0 aliphatic rings. The van der Waals surface area contributed by atoms with Crippen LogP contribution >= 0.6 is 27.5 Å². The van der Waals surface area contributed by atoms with E-state index in [0.717, 1.165) is 45.7 Å². The fourth-order valence-electron chi connectivity index (χ4n) is 2.58. The van der Waals surface area contributed by atoms with Crippen LogP contribution in [0.25, 0.3) is 16.9 Å². The van der Waals surface area contributed by atoms with Crippen LogP contribution in [-0.4, -0.2) is 19.3 Å². The van der Waals surface area contributed by atoms with Gasteiger partial charge in [-0.2, -0.15) is 5.10 Å². The molecule has 0 amide bonds. The smallest absolute Gasteiger partial charge is 0.163 e. The molecule has 0 saturated heterocycles. The van der Waals surface area contributed by atoms with Gasteiger partial charge in [0.05, 0.1) is 11.6 Å².